The van der Waals surface area contributed by atoms with Crippen LogP contribution in [0.4, 0.5) is 8.78 Å². The molecule has 0 spiro atoms. The summed E-state index contributed by atoms with van der Waals surface area (Å²) in [5.74, 6) is -1.18. The maximum Gasteiger partial charge on any atom is 0.139 e. The highest BCUT2D eigenvalue weighted by molar-refractivity contribution is 14.1. The van der Waals surface area contributed by atoms with Crippen LogP contribution in [0.15, 0.2) is 18.3 Å². The van der Waals surface area contributed by atoms with Gasteiger partial charge >= 0.3 is 0 Å². The van der Waals surface area contributed by atoms with Crippen LogP contribution in [0.2, 0.25) is 0 Å². The molecule has 1 aromatic carbocycles. The number of alkyl halides is 1. The second kappa shape index (κ2) is 6.49. The molecule has 1 fully saturated rings. The fourth-order valence-corrected chi connectivity index (χ4v) is 3.58. The molecule has 0 aliphatic carbocycles. The summed E-state index contributed by atoms with van der Waals surface area (Å²) in [6.45, 7) is 2.75. The molecule has 2 aromatic rings. The number of hydrogen-bond donors (Lipinski definition) is 1. The Bertz CT molecular complexity index is 660. The number of nitrogens with zero attached hydrogens (tertiary/aromatic N) is 3. The number of benzene rings is 1. The molecule has 7 heteroatoms. The Morgan fingerprint density at radius 1 is 1.18 bits per heavy atom. The quantitative estimate of drug-likeness (QED) is 0.609. The van der Waals surface area contributed by atoms with Gasteiger partial charge in [0.2, 0.25) is 0 Å². The third kappa shape index (κ3) is 2.96. The van der Waals surface area contributed by atoms with Gasteiger partial charge in [0.1, 0.15) is 23.2 Å². The molecule has 4 nitrogen and oxygen atoms in total. The lowest BCUT2D eigenvalue weighted by Gasteiger charge is -2.16. The van der Waals surface area contributed by atoms with Gasteiger partial charge in [0.05, 0.1) is 28.6 Å². The predicted octanol–water partition coefficient (Wildman–Crippen LogP) is 3.52. The molecule has 1 aliphatic rings. The minimum atomic E-state index is -0.781. The van der Waals surface area contributed by atoms with E-state index in [0.29, 0.717) is 16.8 Å². The van der Waals surface area contributed by atoms with Crippen molar-refractivity contribution < 1.29 is 13.9 Å². The molecule has 0 amide bonds. The van der Waals surface area contributed by atoms with Crippen molar-refractivity contribution in [1.29, 1.82) is 0 Å². The second-order valence-electron chi connectivity index (χ2n) is 5.37. The lowest BCUT2D eigenvalue weighted by molar-refractivity contribution is 0.319. The largest absolute Gasteiger partial charge is 0.508 e. The number of aromatic hydroxyl groups is 1. The molecule has 118 valence electrons. The molecule has 1 aromatic heterocycles. The van der Waals surface area contributed by atoms with Gasteiger partial charge < -0.3 is 9.67 Å². The van der Waals surface area contributed by atoms with Gasteiger partial charge in [-0.1, -0.05) is 22.6 Å². The molecule has 2 heterocycles. The predicted molar refractivity (Wildman–Crippen MR) is 87.8 cm³/mol. The van der Waals surface area contributed by atoms with Crippen LogP contribution in [-0.2, 0) is 11.1 Å². The Kier molecular flexibility index (Phi) is 4.62. The second-order valence-corrected chi connectivity index (χ2v) is 6.06. The molecular formula is C15H16F2IN3O. The molecule has 0 saturated carbocycles. The molecule has 1 saturated heterocycles. The monoisotopic (exact) mass is 419 g/mol. The fraction of sp³-hybridized carbons (Fsp3) is 0.400. The van der Waals surface area contributed by atoms with Gasteiger partial charge in [0, 0.05) is 12.1 Å². The van der Waals surface area contributed by atoms with Gasteiger partial charge in [0.25, 0.3) is 0 Å². The lowest BCUT2D eigenvalue weighted by Crippen LogP contribution is -2.21. The summed E-state index contributed by atoms with van der Waals surface area (Å²) in [7, 11) is 0. The molecule has 0 unspecified atom stereocenters. The number of rotatable bonds is 4. The van der Waals surface area contributed by atoms with E-state index in [2.05, 4.69) is 32.5 Å². The number of imidazole rings is 1. The molecular weight excluding hydrogens is 403 g/mol. The molecule has 0 radical (unpaired) electrons. The van der Waals surface area contributed by atoms with Crippen LogP contribution in [0.3, 0.4) is 0 Å². The van der Waals surface area contributed by atoms with Gasteiger partial charge in [-0.3, -0.25) is 4.90 Å². The van der Waals surface area contributed by atoms with Gasteiger partial charge in [-0.15, -0.1) is 0 Å². The number of halogens is 3. The van der Waals surface area contributed by atoms with Crippen molar-refractivity contribution in [2.24, 2.45) is 0 Å². The summed E-state index contributed by atoms with van der Waals surface area (Å²) in [5, 5.41) is 9.28. The van der Waals surface area contributed by atoms with Crippen LogP contribution in [0.25, 0.3) is 11.3 Å². The third-order valence-corrected chi connectivity index (χ3v) is 4.59. The summed E-state index contributed by atoms with van der Waals surface area (Å²) >= 11 is 2.15. The maximum atomic E-state index is 14.1. The average molecular weight is 419 g/mol. The Morgan fingerprint density at radius 3 is 2.41 bits per heavy atom. The van der Waals surface area contributed by atoms with E-state index in [-0.39, 0.29) is 5.56 Å². The highest BCUT2D eigenvalue weighted by Crippen LogP contribution is 2.31. The normalized spacial score (nSPS) is 15.6. The lowest BCUT2D eigenvalue weighted by atomic mass is 10.1. The van der Waals surface area contributed by atoms with E-state index in [0.717, 1.165) is 31.0 Å². The third-order valence-electron chi connectivity index (χ3n) is 3.90. The van der Waals surface area contributed by atoms with Crippen molar-refractivity contribution in [2.45, 2.75) is 23.9 Å². The minimum Gasteiger partial charge on any atom is -0.508 e. The van der Waals surface area contributed by atoms with Crippen LogP contribution in [0, 0.1) is 11.6 Å². The topological polar surface area (TPSA) is 41.3 Å². The zero-order chi connectivity index (χ0) is 15.7. The van der Waals surface area contributed by atoms with E-state index in [4.69, 9.17) is 0 Å². The number of phenols is 1. The number of phenolic OH excluding ortho intramolecular Hbond substituents is 1. The Balaban J connectivity index is 1.99. The first-order chi connectivity index (χ1) is 10.6. The molecule has 3 rings (SSSR count). The number of likely N-dealkylation sites (tertiary alicyclic amines) is 1. The molecule has 0 atom stereocenters. The minimum absolute atomic E-state index is 0.144. The Hall–Kier alpha value is -1.22. The van der Waals surface area contributed by atoms with Gasteiger partial charge in [-0.05, 0) is 25.9 Å². The Morgan fingerprint density at radius 2 is 1.82 bits per heavy atom. The SMILES string of the molecule is Oc1cc(F)c(-c2cnc(CN3CCCC3)n2CI)c(F)c1. The van der Waals surface area contributed by atoms with Crippen LogP contribution in [-0.4, -0.2) is 32.6 Å². The maximum absolute atomic E-state index is 14.1. The summed E-state index contributed by atoms with van der Waals surface area (Å²) in [5.41, 5.74) is 0.258. The first-order valence-electron chi connectivity index (χ1n) is 7.11. The van der Waals surface area contributed by atoms with Crippen molar-refractivity contribution in [3.05, 3.63) is 35.8 Å². The smallest absolute Gasteiger partial charge is 0.139 e. The number of hydrogen-bond acceptors (Lipinski definition) is 3. The van der Waals surface area contributed by atoms with E-state index in [1.807, 2.05) is 4.57 Å². The molecule has 0 bridgehead atoms. The highest BCUT2D eigenvalue weighted by atomic mass is 127. The Labute approximate surface area is 140 Å². The van der Waals surface area contributed by atoms with Crippen LogP contribution < -0.4 is 0 Å². The summed E-state index contributed by atoms with van der Waals surface area (Å²) in [6, 6.07) is 1.84. The van der Waals surface area contributed by atoms with Gasteiger partial charge in [0.15, 0.2) is 0 Å². The van der Waals surface area contributed by atoms with E-state index in [9.17, 15) is 13.9 Å². The average Bonchev–Trinajstić information content (AvgIpc) is 3.08. The van der Waals surface area contributed by atoms with Gasteiger partial charge in [-0.25, -0.2) is 13.8 Å². The fourth-order valence-electron chi connectivity index (χ4n) is 2.82. The van der Waals surface area contributed by atoms with Crippen molar-refractivity contribution in [2.75, 3.05) is 13.1 Å². The molecule has 1 aliphatic heterocycles. The van der Waals surface area contributed by atoms with Crippen LogP contribution in [0.1, 0.15) is 18.7 Å². The van der Waals surface area contributed by atoms with Crippen molar-refractivity contribution >= 4 is 22.6 Å². The first-order valence-corrected chi connectivity index (χ1v) is 8.64. The van der Waals surface area contributed by atoms with Crippen LogP contribution in [0.5, 0.6) is 5.75 Å². The summed E-state index contributed by atoms with van der Waals surface area (Å²) in [4.78, 5) is 6.64. The van der Waals surface area contributed by atoms with E-state index >= 15 is 0 Å². The van der Waals surface area contributed by atoms with Crippen LogP contribution >= 0.6 is 22.6 Å². The van der Waals surface area contributed by atoms with E-state index in [1.54, 1.807) is 0 Å². The number of aromatic nitrogens is 2. The van der Waals surface area contributed by atoms with Crippen molar-refractivity contribution in [1.82, 2.24) is 14.5 Å². The summed E-state index contributed by atoms with van der Waals surface area (Å²) < 4.78 is 30.5. The zero-order valence-electron chi connectivity index (χ0n) is 11.9. The van der Waals surface area contributed by atoms with E-state index < -0.39 is 17.4 Å². The van der Waals surface area contributed by atoms with E-state index in [1.165, 1.54) is 19.0 Å². The van der Waals surface area contributed by atoms with Gasteiger partial charge in [-0.2, -0.15) is 0 Å². The highest BCUT2D eigenvalue weighted by Gasteiger charge is 2.21. The zero-order valence-corrected chi connectivity index (χ0v) is 14.1. The first kappa shape index (κ1) is 15.7. The van der Waals surface area contributed by atoms with Crippen molar-refractivity contribution in [3.8, 4) is 17.0 Å². The standard InChI is InChI=1S/C15H16F2IN3O/c16-11-5-10(22)6-12(17)15(11)13-7-19-14(21(13)9-18)8-20-3-1-2-4-20/h5-7,22H,1-4,8-9H2. The molecule has 22 heavy (non-hydrogen) atoms. The van der Waals surface area contributed by atoms with Crippen molar-refractivity contribution in [3.63, 3.8) is 0 Å². The molecule has 1 N–H and O–H groups in total. The summed E-state index contributed by atoms with van der Waals surface area (Å²) in [6.07, 6.45) is 3.86.